The van der Waals surface area contributed by atoms with Gasteiger partial charge in [0.25, 0.3) is 0 Å². The second-order valence-corrected chi connectivity index (χ2v) is 14.5. The molecule has 2 aromatic heterocycles. The van der Waals surface area contributed by atoms with Crippen LogP contribution in [0.2, 0.25) is 0 Å². The van der Waals surface area contributed by atoms with Crippen LogP contribution in [0.15, 0.2) is 192 Å². The van der Waals surface area contributed by atoms with Crippen LogP contribution in [-0.2, 0) is 0 Å². The van der Waals surface area contributed by atoms with E-state index in [1.54, 1.807) is 0 Å². The molecule has 12 rings (SSSR count). The molecule has 0 aliphatic carbocycles. The molecule has 0 N–H and O–H groups in total. The van der Waals surface area contributed by atoms with Crippen molar-refractivity contribution in [3.05, 3.63) is 188 Å². The summed E-state index contributed by atoms with van der Waals surface area (Å²) in [7, 11) is 0. The Morgan fingerprint density at radius 3 is 1.46 bits per heavy atom. The van der Waals surface area contributed by atoms with Crippen LogP contribution in [0.25, 0.3) is 115 Å². The van der Waals surface area contributed by atoms with E-state index in [1.807, 2.05) is 0 Å². The smallest absolute Gasteiger partial charge is 0.136 e. The molecule has 0 saturated carbocycles. The highest BCUT2D eigenvalue weighted by atomic mass is 16.3. The molecule has 0 radical (unpaired) electrons. The van der Waals surface area contributed by atoms with E-state index in [0.717, 1.165) is 21.9 Å². The van der Waals surface area contributed by atoms with Gasteiger partial charge in [0.15, 0.2) is 0 Å². The molecule has 2 heteroatoms. The third-order valence-electron chi connectivity index (χ3n) is 11.5. The summed E-state index contributed by atoms with van der Waals surface area (Å²) in [6.45, 7) is 0. The molecule has 0 saturated heterocycles. The summed E-state index contributed by atoms with van der Waals surface area (Å²) in [5.41, 5.74) is 10.3. The second-order valence-electron chi connectivity index (χ2n) is 14.5. The van der Waals surface area contributed by atoms with Crippen molar-refractivity contribution in [2.75, 3.05) is 0 Å². The van der Waals surface area contributed by atoms with E-state index in [-0.39, 0.29) is 0 Å². The summed E-state index contributed by atoms with van der Waals surface area (Å²) in [4.78, 5) is 0. The minimum absolute atomic E-state index is 0.904. The molecule has 0 unspecified atom stereocenters. The van der Waals surface area contributed by atoms with Crippen LogP contribution in [-0.4, -0.2) is 4.57 Å². The van der Waals surface area contributed by atoms with Crippen molar-refractivity contribution in [2.45, 2.75) is 0 Å². The Morgan fingerprint density at radius 1 is 0.296 bits per heavy atom. The maximum Gasteiger partial charge on any atom is 0.136 e. The van der Waals surface area contributed by atoms with Gasteiger partial charge in [0.1, 0.15) is 11.2 Å². The van der Waals surface area contributed by atoms with Crippen LogP contribution in [0.3, 0.4) is 0 Å². The molecule has 0 fully saturated rings. The SMILES string of the molecule is c1ccc(-n2c3ccccc3c3cc(-c4c5ccccc5c(-c5ccc6oc7cc8cc9ccccc9cc8cc7c6c5)c5ccccc45)ccc32)cc1. The molecule has 0 aliphatic rings. The Bertz CT molecular complexity index is 3440. The number of furan rings is 1. The predicted octanol–water partition coefficient (Wildman–Crippen LogP) is 14.6. The minimum Gasteiger partial charge on any atom is -0.456 e. The van der Waals surface area contributed by atoms with E-state index in [4.69, 9.17) is 4.42 Å². The summed E-state index contributed by atoms with van der Waals surface area (Å²) in [6.07, 6.45) is 0. The van der Waals surface area contributed by atoms with Crippen molar-refractivity contribution in [3.63, 3.8) is 0 Å². The molecule has 0 atom stereocenters. The quantitative estimate of drug-likeness (QED) is 0.169. The van der Waals surface area contributed by atoms with Crippen molar-refractivity contribution in [3.8, 4) is 27.9 Å². The van der Waals surface area contributed by atoms with Crippen LogP contribution in [0.5, 0.6) is 0 Å². The fourth-order valence-electron chi connectivity index (χ4n) is 9.10. The number of aromatic nitrogens is 1. The normalized spacial score (nSPS) is 12.1. The van der Waals surface area contributed by atoms with Crippen LogP contribution >= 0.6 is 0 Å². The standard InChI is InChI=1S/C52H31NO/c1-2-14-38(15-3-1)53-47-21-11-10-16-39(47)44-28-34(22-24-48(44)53)51-40-17-6-8-19-42(40)52(43-20-9-7-18-41(43)51)35-23-25-49-45(29-35)46-30-36-26-32-12-4-5-13-33(32)27-37(36)31-50(46)54-49/h1-31H. The van der Waals surface area contributed by atoms with Gasteiger partial charge in [0, 0.05) is 27.2 Å². The predicted molar refractivity (Wildman–Crippen MR) is 229 cm³/mol. The van der Waals surface area contributed by atoms with Gasteiger partial charge >= 0.3 is 0 Å². The lowest BCUT2D eigenvalue weighted by Crippen LogP contribution is -1.93. The van der Waals surface area contributed by atoms with E-state index in [2.05, 4.69) is 193 Å². The second kappa shape index (κ2) is 11.2. The summed E-state index contributed by atoms with van der Waals surface area (Å²) in [5.74, 6) is 0. The lowest BCUT2D eigenvalue weighted by Gasteiger charge is -2.18. The summed E-state index contributed by atoms with van der Waals surface area (Å²) >= 11 is 0. The van der Waals surface area contributed by atoms with Gasteiger partial charge < -0.3 is 8.98 Å². The lowest BCUT2D eigenvalue weighted by molar-refractivity contribution is 0.669. The number of nitrogens with zero attached hydrogens (tertiary/aromatic N) is 1. The Hall–Kier alpha value is -7.16. The molecule has 0 aliphatic heterocycles. The molecule has 0 spiro atoms. The Morgan fingerprint density at radius 2 is 0.796 bits per heavy atom. The van der Waals surface area contributed by atoms with E-state index in [9.17, 15) is 0 Å². The van der Waals surface area contributed by atoms with Gasteiger partial charge in [-0.3, -0.25) is 0 Å². The first-order valence-corrected chi connectivity index (χ1v) is 18.6. The third-order valence-corrected chi connectivity index (χ3v) is 11.5. The van der Waals surface area contributed by atoms with Crippen LogP contribution in [0.4, 0.5) is 0 Å². The molecule has 54 heavy (non-hydrogen) atoms. The molecular formula is C52H31NO. The highest BCUT2D eigenvalue weighted by molar-refractivity contribution is 6.23. The summed E-state index contributed by atoms with van der Waals surface area (Å²) in [6, 6.07) is 68.7. The van der Waals surface area contributed by atoms with E-state index in [1.165, 1.54) is 92.8 Å². The molecular weight excluding hydrogens is 655 g/mol. The highest BCUT2D eigenvalue weighted by Gasteiger charge is 2.20. The fraction of sp³-hybridized carbons (Fsp3) is 0. The maximum atomic E-state index is 6.51. The number of hydrogen-bond donors (Lipinski definition) is 0. The average molecular weight is 686 g/mol. The number of para-hydroxylation sites is 2. The van der Waals surface area contributed by atoms with Crippen LogP contribution < -0.4 is 0 Å². The fourth-order valence-corrected chi connectivity index (χ4v) is 9.10. The van der Waals surface area contributed by atoms with Crippen molar-refractivity contribution >= 4 is 86.8 Å². The van der Waals surface area contributed by atoms with Crippen molar-refractivity contribution in [2.24, 2.45) is 0 Å². The topological polar surface area (TPSA) is 18.1 Å². The van der Waals surface area contributed by atoms with Gasteiger partial charge in [0.2, 0.25) is 0 Å². The monoisotopic (exact) mass is 685 g/mol. The summed E-state index contributed by atoms with van der Waals surface area (Å²) in [5, 5.41) is 14.6. The number of benzene rings is 10. The van der Waals surface area contributed by atoms with E-state index in [0.29, 0.717) is 0 Å². The first-order valence-electron chi connectivity index (χ1n) is 18.6. The average Bonchev–Trinajstić information content (AvgIpc) is 3.75. The highest BCUT2D eigenvalue weighted by Crippen LogP contribution is 2.46. The number of hydrogen-bond acceptors (Lipinski definition) is 1. The molecule has 250 valence electrons. The third kappa shape index (κ3) is 4.22. The zero-order chi connectivity index (χ0) is 35.3. The van der Waals surface area contributed by atoms with Crippen LogP contribution in [0, 0.1) is 0 Å². The van der Waals surface area contributed by atoms with Gasteiger partial charge in [-0.2, -0.15) is 0 Å². The molecule has 2 heterocycles. The molecule has 0 bridgehead atoms. The zero-order valence-corrected chi connectivity index (χ0v) is 29.3. The zero-order valence-electron chi connectivity index (χ0n) is 29.3. The van der Waals surface area contributed by atoms with E-state index >= 15 is 0 Å². The number of fused-ring (bicyclic) bond motifs is 10. The first kappa shape index (κ1) is 29.4. The Balaban J connectivity index is 1.10. The molecule has 10 aromatic carbocycles. The summed E-state index contributed by atoms with van der Waals surface area (Å²) < 4.78 is 8.89. The van der Waals surface area contributed by atoms with E-state index < -0.39 is 0 Å². The van der Waals surface area contributed by atoms with Crippen LogP contribution in [0.1, 0.15) is 0 Å². The van der Waals surface area contributed by atoms with Gasteiger partial charge in [-0.25, -0.2) is 0 Å². The van der Waals surface area contributed by atoms with Gasteiger partial charge in [-0.05, 0) is 132 Å². The first-order chi connectivity index (χ1) is 26.8. The van der Waals surface area contributed by atoms with Gasteiger partial charge in [-0.1, -0.05) is 121 Å². The largest absolute Gasteiger partial charge is 0.456 e. The minimum atomic E-state index is 0.904. The Labute approximate surface area is 310 Å². The van der Waals surface area contributed by atoms with Gasteiger partial charge in [-0.15, -0.1) is 0 Å². The van der Waals surface area contributed by atoms with Crippen molar-refractivity contribution < 1.29 is 4.42 Å². The van der Waals surface area contributed by atoms with Gasteiger partial charge in [0.05, 0.1) is 11.0 Å². The maximum absolute atomic E-state index is 6.51. The molecule has 2 nitrogen and oxygen atoms in total. The Kier molecular flexibility index (Phi) is 6.09. The lowest BCUT2D eigenvalue weighted by atomic mass is 9.85. The number of rotatable bonds is 3. The van der Waals surface area contributed by atoms with Crippen molar-refractivity contribution in [1.82, 2.24) is 4.57 Å². The van der Waals surface area contributed by atoms with Crippen molar-refractivity contribution in [1.29, 1.82) is 0 Å². The molecule has 12 aromatic rings. The molecule has 0 amide bonds.